The van der Waals surface area contributed by atoms with E-state index in [-0.39, 0.29) is 24.1 Å². The SMILES string of the molecule is COc1cc(-c2ccc(C(=O)N3CCN(C)CC3)s2)ccc1O.Cl. The molecule has 130 valence electrons. The van der Waals surface area contributed by atoms with Gasteiger partial charge in [0.15, 0.2) is 11.5 Å². The molecule has 7 heteroatoms. The molecule has 1 aromatic carbocycles. The topological polar surface area (TPSA) is 53.0 Å². The monoisotopic (exact) mass is 368 g/mol. The highest BCUT2D eigenvalue weighted by Gasteiger charge is 2.21. The molecule has 1 aliphatic heterocycles. The number of ether oxygens (including phenoxy) is 1. The average molecular weight is 369 g/mol. The molecular weight excluding hydrogens is 348 g/mol. The number of piperazine rings is 1. The predicted octanol–water partition coefficient (Wildman–Crippen LogP) is 2.94. The van der Waals surface area contributed by atoms with Crippen LogP contribution in [-0.2, 0) is 0 Å². The van der Waals surface area contributed by atoms with E-state index in [4.69, 9.17) is 4.74 Å². The fourth-order valence-corrected chi connectivity index (χ4v) is 3.57. The first-order valence-corrected chi connectivity index (χ1v) is 8.35. The molecule has 0 aliphatic carbocycles. The van der Waals surface area contributed by atoms with Gasteiger partial charge in [-0.25, -0.2) is 0 Å². The van der Waals surface area contributed by atoms with E-state index in [2.05, 4.69) is 11.9 Å². The van der Waals surface area contributed by atoms with Crippen LogP contribution in [0.3, 0.4) is 0 Å². The Morgan fingerprint density at radius 1 is 1.17 bits per heavy atom. The van der Waals surface area contributed by atoms with E-state index in [1.54, 1.807) is 12.1 Å². The van der Waals surface area contributed by atoms with Crippen molar-refractivity contribution in [2.45, 2.75) is 0 Å². The number of nitrogens with zero attached hydrogens (tertiary/aromatic N) is 2. The lowest BCUT2D eigenvalue weighted by Crippen LogP contribution is -2.46. The van der Waals surface area contributed by atoms with Crippen LogP contribution >= 0.6 is 23.7 Å². The van der Waals surface area contributed by atoms with Crippen LogP contribution in [0, 0.1) is 0 Å². The Morgan fingerprint density at radius 2 is 1.88 bits per heavy atom. The van der Waals surface area contributed by atoms with Crippen molar-refractivity contribution in [3.63, 3.8) is 0 Å². The molecule has 1 aromatic heterocycles. The fraction of sp³-hybridized carbons (Fsp3) is 0.353. The standard InChI is InChI=1S/C17H20N2O3S.ClH/c1-18-7-9-19(10-8-18)17(21)16-6-5-15(23-16)12-3-4-13(20)14(11-12)22-2;/h3-6,11,20H,7-10H2,1-2H3;1H. The molecule has 1 amide bonds. The molecule has 3 rings (SSSR count). The zero-order chi connectivity index (χ0) is 16.4. The van der Waals surface area contributed by atoms with E-state index in [1.807, 2.05) is 23.1 Å². The number of hydrogen-bond acceptors (Lipinski definition) is 5. The Morgan fingerprint density at radius 3 is 2.54 bits per heavy atom. The average Bonchev–Trinajstić information content (AvgIpc) is 3.05. The third kappa shape index (κ3) is 3.83. The second kappa shape index (κ2) is 7.88. The number of hydrogen-bond donors (Lipinski definition) is 1. The van der Waals surface area contributed by atoms with Gasteiger partial charge in [-0.05, 0) is 42.9 Å². The van der Waals surface area contributed by atoms with Gasteiger partial charge in [-0.15, -0.1) is 23.7 Å². The number of carbonyl (C=O) groups excluding carboxylic acids is 1. The van der Waals surface area contributed by atoms with Gasteiger partial charge >= 0.3 is 0 Å². The first-order chi connectivity index (χ1) is 11.1. The van der Waals surface area contributed by atoms with Gasteiger partial charge in [0.2, 0.25) is 0 Å². The van der Waals surface area contributed by atoms with Gasteiger partial charge in [-0.3, -0.25) is 4.79 Å². The van der Waals surface area contributed by atoms with Crippen molar-refractivity contribution in [2.24, 2.45) is 0 Å². The largest absolute Gasteiger partial charge is 0.504 e. The normalized spacial score (nSPS) is 15.0. The van der Waals surface area contributed by atoms with Gasteiger partial charge in [0, 0.05) is 31.1 Å². The molecule has 0 bridgehead atoms. The summed E-state index contributed by atoms with van der Waals surface area (Å²) in [5.74, 6) is 0.643. The summed E-state index contributed by atoms with van der Waals surface area (Å²) in [5, 5.41) is 9.68. The minimum Gasteiger partial charge on any atom is -0.504 e. The Bertz CT molecular complexity index is 712. The van der Waals surface area contributed by atoms with E-state index in [0.717, 1.165) is 41.5 Å². The highest BCUT2D eigenvalue weighted by Crippen LogP contribution is 2.35. The predicted molar refractivity (Wildman–Crippen MR) is 98.6 cm³/mol. The van der Waals surface area contributed by atoms with Crippen LogP contribution in [0.2, 0.25) is 0 Å². The number of likely N-dealkylation sites (N-methyl/N-ethyl adjacent to an activating group) is 1. The summed E-state index contributed by atoms with van der Waals surface area (Å²) in [6.07, 6.45) is 0. The third-order valence-corrected chi connectivity index (χ3v) is 5.19. The van der Waals surface area contributed by atoms with E-state index >= 15 is 0 Å². The van der Waals surface area contributed by atoms with Gasteiger partial charge in [-0.2, -0.15) is 0 Å². The van der Waals surface area contributed by atoms with E-state index in [9.17, 15) is 9.90 Å². The number of thiophene rings is 1. The summed E-state index contributed by atoms with van der Waals surface area (Å²) in [6.45, 7) is 3.38. The van der Waals surface area contributed by atoms with E-state index in [0.29, 0.717) is 5.75 Å². The van der Waals surface area contributed by atoms with Crippen LogP contribution < -0.4 is 4.74 Å². The van der Waals surface area contributed by atoms with Crippen LogP contribution in [0.15, 0.2) is 30.3 Å². The number of halogens is 1. The van der Waals surface area contributed by atoms with Gasteiger partial charge in [0.1, 0.15) is 0 Å². The lowest BCUT2D eigenvalue weighted by molar-refractivity contribution is 0.0669. The van der Waals surface area contributed by atoms with Crippen molar-refractivity contribution < 1.29 is 14.6 Å². The van der Waals surface area contributed by atoms with Crippen molar-refractivity contribution in [1.29, 1.82) is 0 Å². The number of amides is 1. The van der Waals surface area contributed by atoms with Crippen molar-refractivity contribution in [3.05, 3.63) is 35.2 Å². The van der Waals surface area contributed by atoms with Gasteiger partial charge in [-0.1, -0.05) is 0 Å². The third-order valence-electron chi connectivity index (χ3n) is 4.07. The summed E-state index contributed by atoms with van der Waals surface area (Å²) in [4.78, 5) is 18.5. The molecule has 5 nitrogen and oxygen atoms in total. The molecule has 1 saturated heterocycles. The Balaban J connectivity index is 0.00000208. The zero-order valence-corrected chi connectivity index (χ0v) is 15.3. The molecule has 24 heavy (non-hydrogen) atoms. The lowest BCUT2D eigenvalue weighted by Gasteiger charge is -2.32. The lowest BCUT2D eigenvalue weighted by atomic mass is 10.1. The number of aromatic hydroxyl groups is 1. The summed E-state index contributed by atoms with van der Waals surface area (Å²) in [5.41, 5.74) is 0.932. The maximum absolute atomic E-state index is 12.6. The minimum absolute atomic E-state index is 0. The smallest absolute Gasteiger partial charge is 0.264 e. The van der Waals surface area contributed by atoms with Crippen LogP contribution in [0.5, 0.6) is 11.5 Å². The molecule has 2 heterocycles. The van der Waals surface area contributed by atoms with Crippen molar-refractivity contribution in [1.82, 2.24) is 9.80 Å². The Hall–Kier alpha value is -1.76. The van der Waals surface area contributed by atoms with Crippen LogP contribution in [0.25, 0.3) is 10.4 Å². The number of phenols is 1. The van der Waals surface area contributed by atoms with Crippen LogP contribution in [-0.4, -0.2) is 61.2 Å². The molecule has 1 aliphatic rings. The highest BCUT2D eigenvalue weighted by atomic mass is 35.5. The number of benzene rings is 1. The first kappa shape index (κ1) is 18.6. The molecule has 0 saturated carbocycles. The molecular formula is C17H21ClN2O3S. The fourth-order valence-electron chi connectivity index (χ4n) is 2.60. The summed E-state index contributed by atoms with van der Waals surface area (Å²) < 4.78 is 5.14. The second-order valence-electron chi connectivity index (χ2n) is 5.65. The number of rotatable bonds is 3. The molecule has 1 fully saturated rings. The Labute approximate surface area is 151 Å². The first-order valence-electron chi connectivity index (χ1n) is 7.53. The van der Waals surface area contributed by atoms with Crippen molar-refractivity contribution in [3.8, 4) is 21.9 Å². The minimum atomic E-state index is 0. The van der Waals surface area contributed by atoms with Crippen LogP contribution in [0.4, 0.5) is 0 Å². The maximum Gasteiger partial charge on any atom is 0.264 e. The molecule has 0 spiro atoms. The second-order valence-corrected chi connectivity index (χ2v) is 6.73. The Kier molecular flexibility index (Phi) is 6.10. The highest BCUT2D eigenvalue weighted by molar-refractivity contribution is 7.17. The van der Waals surface area contributed by atoms with Gasteiger partial charge in [0.05, 0.1) is 12.0 Å². The quantitative estimate of drug-likeness (QED) is 0.905. The molecule has 2 aromatic rings. The van der Waals surface area contributed by atoms with E-state index in [1.165, 1.54) is 18.4 Å². The number of methoxy groups -OCH3 is 1. The van der Waals surface area contributed by atoms with Gasteiger partial charge < -0.3 is 19.6 Å². The number of phenolic OH excluding ortho intramolecular Hbond substituents is 1. The summed E-state index contributed by atoms with van der Waals surface area (Å²) in [7, 11) is 3.60. The van der Waals surface area contributed by atoms with Gasteiger partial charge in [0.25, 0.3) is 5.91 Å². The maximum atomic E-state index is 12.6. The summed E-state index contributed by atoms with van der Waals surface area (Å²) in [6, 6.07) is 9.04. The van der Waals surface area contributed by atoms with Crippen molar-refractivity contribution >= 4 is 29.7 Å². The molecule has 0 unspecified atom stereocenters. The molecule has 1 N–H and O–H groups in total. The number of carbonyl (C=O) groups is 1. The molecule has 0 radical (unpaired) electrons. The zero-order valence-electron chi connectivity index (χ0n) is 13.7. The van der Waals surface area contributed by atoms with Crippen LogP contribution in [0.1, 0.15) is 9.67 Å². The van der Waals surface area contributed by atoms with E-state index < -0.39 is 0 Å². The summed E-state index contributed by atoms with van der Waals surface area (Å²) >= 11 is 1.47. The molecule has 0 atom stereocenters. The van der Waals surface area contributed by atoms with Crippen molar-refractivity contribution in [2.75, 3.05) is 40.3 Å².